The SMILES string of the molecule is c1ccc(-c2ccc(-c3nc(-c4cccc(-c5cccc(-c6cccc7c6C6(c8ccc9ccccc9c8-7)C7CC8CC(C7)CC6C8)c5)c4)nc4ccccc34)cc2)cc1. The van der Waals surface area contributed by atoms with Gasteiger partial charge >= 0.3 is 0 Å². The van der Waals surface area contributed by atoms with Crippen LogP contribution in [0.2, 0.25) is 0 Å². The molecule has 14 rings (SSSR count). The number of benzene rings is 8. The Hall–Kier alpha value is -6.64. The molecular formula is C58H44N2. The fourth-order valence-electron chi connectivity index (χ4n) is 12.8. The number of rotatable bonds is 5. The average molecular weight is 769 g/mol. The van der Waals surface area contributed by atoms with E-state index < -0.39 is 0 Å². The molecule has 0 atom stereocenters. The lowest BCUT2D eigenvalue weighted by atomic mass is 9.42. The van der Waals surface area contributed by atoms with Gasteiger partial charge < -0.3 is 0 Å². The Morgan fingerprint density at radius 1 is 0.400 bits per heavy atom. The highest BCUT2D eigenvalue weighted by atomic mass is 14.9. The molecule has 0 N–H and O–H groups in total. The summed E-state index contributed by atoms with van der Waals surface area (Å²) in [6.07, 6.45) is 6.94. The lowest BCUT2D eigenvalue weighted by Gasteiger charge is -2.61. The molecule has 4 fully saturated rings. The van der Waals surface area contributed by atoms with E-state index in [-0.39, 0.29) is 5.41 Å². The van der Waals surface area contributed by atoms with E-state index in [4.69, 9.17) is 9.97 Å². The molecule has 0 aliphatic heterocycles. The molecule has 9 aromatic rings. The van der Waals surface area contributed by atoms with Crippen LogP contribution in [0.5, 0.6) is 0 Å². The Morgan fingerprint density at radius 2 is 0.983 bits per heavy atom. The second-order valence-corrected chi connectivity index (χ2v) is 18.1. The van der Waals surface area contributed by atoms with E-state index in [0.29, 0.717) is 11.8 Å². The van der Waals surface area contributed by atoms with Crippen LogP contribution in [-0.4, -0.2) is 9.97 Å². The highest BCUT2D eigenvalue weighted by Gasteiger charge is 2.62. The molecule has 1 heterocycles. The van der Waals surface area contributed by atoms with Crippen LogP contribution in [0.15, 0.2) is 182 Å². The third-order valence-electron chi connectivity index (χ3n) is 15.0. The van der Waals surface area contributed by atoms with Crippen molar-refractivity contribution in [3.05, 3.63) is 193 Å². The molecule has 1 spiro atoms. The smallest absolute Gasteiger partial charge is 0.160 e. The summed E-state index contributed by atoms with van der Waals surface area (Å²) in [6.45, 7) is 0. The van der Waals surface area contributed by atoms with E-state index in [2.05, 4.69) is 182 Å². The van der Waals surface area contributed by atoms with Crippen molar-refractivity contribution in [1.29, 1.82) is 0 Å². The third-order valence-corrected chi connectivity index (χ3v) is 15.0. The number of nitrogens with zero attached hydrogens (tertiary/aromatic N) is 2. The minimum absolute atomic E-state index is 0.0711. The first-order valence-electron chi connectivity index (χ1n) is 22.0. The van der Waals surface area contributed by atoms with Gasteiger partial charge in [-0.3, -0.25) is 0 Å². The van der Waals surface area contributed by atoms with E-state index in [9.17, 15) is 0 Å². The summed E-state index contributed by atoms with van der Waals surface area (Å²) < 4.78 is 0. The van der Waals surface area contributed by atoms with Crippen molar-refractivity contribution in [2.24, 2.45) is 23.7 Å². The van der Waals surface area contributed by atoms with Crippen molar-refractivity contribution in [3.63, 3.8) is 0 Å². The molecule has 4 bridgehead atoms. The molecule has 0 unspecified atom stereocenters. The van der Waals surface area contributed by atoms with Gasteiger partial charge in [-0.15, -0.1) is 0 Å². The predicted molar refractivity (Wildman–Crippen MR) is 247 cm³/mol. The molecule has 4 saturated carbocycles. The zero-order valence-corrected chi connectivity index (χ0v) is 33.6. The van der Waals surface area contributed by atoms with Gasteiger partial charge in [-0.05, 0) is 140 Å². The summed E-state index contributed by atoms with van der Waals surface area (Å²) in [6, 6.07) is 67.2. The fraction of sp³-hybridized carbons (Fsp3) is 0.172. The first-order valence-corrected chi connectivity index (χ1v) is 22.0. The summed E-state index contributed by atoms with van der Waals surface area (Å²) in [5.74, 6) is 3.94. The minimum Gasteiger partial charge on any atom is -0.228 e. The molecule has 8 aromatic carbocycles. The summed E-state index contributed by atoms with van der Waals surface area (Å²) in [5.41, 5.74) is 17.8. The number of hydrogen-bond acceptors (Lipinski definition) is 2. The van der Waals surface area contributed by atoms with Gasteiger partial charge in [-0.2, -0.15) is 0 Å². The maximum atomic E-state index is 5.30. The Balaban J connectivity index is 0.923. The first kappa shape index (κ1) is 34.2. The van der Waals surface area contributed by atoms with Crippen LogP contribution in [0.3, 0.4) is 0 Å². The molecule has 0 saturated heterocycles. The standard InChI is InChI=1S/C58H44N2/c1-2-11-38(12-3-1)39-23-25-41(26-24-39)56-50-19-6-7-22-53(50)59-57(60-56)45-17-9-15-43(35-45)42-14-8-16-44(34-42)49-20-10-21-51-54-48-18-5-4-13-40(48)27-28-52(54)58(55(49)51)46-30-36-29-37(32-46)33-47(58)31-36/h1-28,34-37,46-47H,29-33H2. The van der Waals surface area contributed by atoms with Crippen molar-refractivity contribution < 1.29 is 0 Å². The molecule has 2 heteroatoms. The van der Waals surface area contributed by atoms with Crippen LogP contribution >= 0.6 is 0 Å². The number of para-hydroxylation sites is 1. The Kier molecular flexibility index (Phi) is 7.52. The molecular weight excluding hydrogens is 725 g/mol. The molecule has 1 aromatic heterocycles. The van der Waals surface area contributed by atoms with Crippen LogP contribution in [0.25, 0.3) is 88.8 Å². The van der Waals surface area contributed by atoms with Gasteiger partial charge in [0.2, 0.25) is 0 Å². The average Bonchev–Trinajstić information content (AvgIpc) is 3.62. The molecule has 5 aliphatic carbocycles. The van der Waals surface area contributed by atoms with Gasteiger partial charge in [-0.25, -0.2) is 9.97 Å². The molecule has 0 amide bonds. The normalized spacial score (nSPS) is 22.1. The zero-order chi connectivity index (χ0) is 39.4. The summed E-state index contributed by atoms with van der Waals surface area (Å²) in [4.78, 5) is 10.4. The number of fused-ring (bicyclic) bond motifs is 6. The highest BCUT2D eigenvalue weighted by molar-refractivity contribution is 6.04. The summed E-state index contributed by atoms with van der Waals surface area (Å²) in [7, 11) is 0. The fourth-order valence-corrected chi connectivity index (χ4v) is 12.8. The molecule has 60 heavy (non-hydrogen) atoms. The van der Waals surface area contributed by atoms with Crippen molar-refractivity contribution in [3.8, 4) is 67.2 Å². The van der Waals surface area contributed by atoms with Crippen molar-refractivity contribution >= 4 is 21.7 Å². The van der Waals surface area contributed by atoms with Crippen molar-refractivity contribution in [1.82, 2.24) is 9.97 Å². The Labute approximate surface area is 351 Å². The quantitative estimate of drug-likeness (QED) is 0.174. The topological polar surface area (TPSA) is 25.8 Å². The van der Waals surface area contributed by atoms with Crippen LogP contribution in [0, 0.1) is 23.7 Å². The van der Waals surface area contributed by atoms with Gasteiger partial charge in [-0.1, -0.05) is 164 Å². The maximum absolute atomic E-state index is 5.30. The Morgan fingerprint density at radius 3 is 1.77 bits per heavy atom. The zero-order valence-electron chi connectivity index (χ0n) is 33.6. The third kappa shape index (κ3) is 5.07. The Bertz CT molecular complexity index is 3130. The van der Waals surface area contributed by atoms with Crippen LogP contribution in [0.4, 0.5) is 0 Å². The minimum atomic E-state index is 0.0711. The van der Waals surface area contributed by atoms with E-state index in [0.717, 1.165) is 45.4 Å². The highest BCUT2D eigenvalue weighted by Crippen LogP contribution is 2.71. The molecule has 5 aliphatic rings. The van der Waals surface area contributed by atoms with E-state index in [1.165, 1.54) is 87.4 Å². The van der Waals surface area contributed by atoms with Gasteiger partial charge in [0, 0.05) is 21.9 Å². The molecule has 2 nitrogen and oxygen atoms in total. The van der Waals surface area contributed by atoms with Crippen LogP contribution < -0.4 is 0 Å². The van der Waals surface area contributed by atoms with Gasteiger partial charge in [0.05, 0.1) is 11.2 Å². The van der Waals surface area contributed by atoms with E-state index >= 15 is 0 Å². The largest absolute Gasteiger partial charge is 0.228 e. The van der Waals surface area contributed by atoms with E-state index in [1.54, 1.807) is 11.1 Å². The second-order valence-electron chi connectivity index (χ2n) is 18.1. The van der Waals surface area contributed by atoms with Crippen molar-refractivity contribution in [2.45, 2.75) is 37.5 Å². The number of aromatic nitrogens is 2. The van der Waals surface area contributed by atoms with Crippen LogP contribution in [0.1, 0.15) is 43.2 Å². The van der Waals surface area contributed by atoms with Crippen LogP contribution in [-0.2, 0) is 5.41 Å². The lowest BCUT2D eigenvalue weighted by Crippen LogP contribution is -2.55. The monoisotopic (exact) mass is 768 g/mol. The lowest BCUT2D eigenvalue weighted by molar-refractivity contribution is -0.0397. The predicted octanol–water partition coefficient (Wildman–Crippen LogP) is 14.8. The summed E-state index contributed by atoms with van der Waals surface area (Å²) >= 11 is 0. The van der Waals surface area contributed by atoms with Crippen molar-refractivity contribution in [2.75, 3.05) is 0 Å². The van der Waals surface area contributed by atoms with Gasteiger partial charge in [0.25, 0.3) is 0 Å². The second kappa shape index (κ2) is 13.2. The molecule has 0 radical (unpaired) electrons. The van der Waals surface area contributed by atoms with Gasteiger partial charge in [0.1, 0.15) is 0 Å². The summed E-state index contributed by atoms with van der Waals surface area (Å²) in [5, 5.41) is 3.81. The maximum Gasteiger partial charge on any atom is 0.160 e. The molecule has 286 valence electrons. The first-order chi connectivity index (χ1) is 29.7. The number of hydrogen-bond donors (Lipinski definition) is 0. The van der Waals surface area contributed by atoms with Gasteiger partial charge in [0.15, 0.2) is 5.82 Å². The van der Waals surface area contributed by atoms with E-state index in [1.807, 2.05) is 0 Å².